The summed E-state index contributed by atoms with van der Waals surface area (Å²) in [6, 6.07) is 5.71. The smallest absolute Gasteiger partial charge is 0.426 e. The molecule has 0 spiro atoms. The molecule has 4 atom stereocenters. The number of carbonyl (C=O) groups excluding carboxylic acids is 1. The van der Waals surface area contributed by atoms with E-state index in [1.54, 1.807) is 13.8 Å². The van der Waals surface area contributed by atoms with Crippen LogP contribution in [0.3, 0.4) is 0 Å². The van der Waals surface area contributed by atoms with Crippen LogP contribution in [0.1, 0.15) is 62.8 Å². The summed E-state index contributed by atoms with van der Waals surface area (Å²) in [5, 5.41) is -1.23. The van der Waals surface area contributed by atoms with Crippen LogP contribution in [-0.4, -0.2) is 12.1 Å². The van der Waals surface area contributed by atoms with E-state index in [0.29, 0.717) is 5.92 Å². The summed E-state index contributed by atoms with van der Waals surface area (Å²) in [6.07, 6.45) is 1.95. The first kappa shape index (κ1) is 23.3. The Labute approximate surface area is 175 Å². The molecular formula is C23H26ClF3O2. The van der Waals surface area contributed by atoms with Gasteiger partial charge in [-0.05, 0) is 41.7 Å². The van der Waals surface area contributed by atoms with Gasteiger partial charge in [-0.3, -0.25) is 4.79 Å². The van der Waals surface area contributed by atoms with Crippen LogP contribution in [0.4, 0.5) is 13.2 Å². The Balaban J connectivity index is 2.23. The Hall–Kier alpha value is -1.93. The average molecular weight is 427 g/mol. The molecule has 0 aromatic heterocycles. The zero-order valence-corrected chi connectivity index (χ0v) is 18.0. The number of allylic oxidation sites excluding steroid dienone is 2. The number of alkyl halides is 3. The van der Waals surface area contributed by atoms with Gasteiger partial charge in [0.05, 0.1) is 5.92 Å². The van der Waals surface area contributed by atoms with Gasteiger partial charge in [-0.15, -0.1) is 6.42 Å². The molecule has 6 heteroatoms. The average Bonchev–Trinajstić information content (AvgIpc) is 3.18. The first-order valence-corrected chi connectivity index (χ1v) is 9.94. The highest BCUT2D eigenvalue weighted by atomic mass is 35.5. The predicted octanol–water partition coefficient (Wildman–Crippen LogP) is 6.68. The SMILES string of the molecule is C#CC(OC(=O)[C@@H]1[C@H](C=C(Cl)C(F)(F)F)C1(C)C)c1cccc(C(C)CC)c1C. The van der Waals surface area contributed by atoms with Crippen LogP contribution in [0, 0.1) is 36.5 Å². The second kappa shape index (κ2) is 8.44. The quantitative estimate of drug-likeness (QED) is 0.374. The van der Waals surface area contributed by atoms with Crippen LogP contribution in [-0.2, 0) is 9.53 Å². The van der Waals surface area contributed by atoms with Crippen molar-refractivity contribution < 1.29 is 22.7 Å². The third kappa shape index (κ3) is 4.80. The van der Waals surface area contributed by atoms with E-state index in [1.807, 2.05) is 25.1 Å². The van der Waals surface area contributed by atoms with Crippen molar-refractivity contribution in [3.63, 3.8) is 0 Å². The van der Waals surface area contributed by atoms with E-state index in [0.717, 1.165) is 29.2 Å². The van der Waals surface area contributed by atoms with Gasteiger partial charge in [-0.25, -0.2) is 0 Å². The molecule has 1 aliphatic rings. The summed E-state index contributed by atoms with van der Waals surface area (Å²) >= 11 is 5.35. The molecule has 0 saturated heterocycles. The topological polar surface area (TPSA) is 26.3 Å². The lowest BCUT2D eigenvalue weighted by Crippen LogP contribution is -2.16. The Morgan fingerprint density at radius 1 is 1.38 bits per heavy atom. The van der Waals surface area contributed by atoms with Gasteiger partial charge in [0, 0.05) is 5.56 Å². The van der Waals surface area contributed by atoms with Crippen LogP contribution in [0.2, 0.25) is 0 Å². The number of hydrogen-bond acceptors (Lipinski definition) is 2. The summed E-state index contributed by atoms with van der Waals surface area (Å²) in [7, 11) is 0. The summed E-state index contributed by atoms with van der Waals surface area (Å²) in [6.45, 7) is 9.55. The number of rotatable bonds is 6. The number of hydrogen-bond donors (Lipinski definition) is 0. The van der Waals surface area contributed by atoms with Crippen molar-refractivity contribution in [1.29, 1.82) is 0 Å². The molecule has 1 aliphatic carbocycles. The zero-order valence-electron chi connectivity index (χ0n) is 17.2. The zero-order chi connectivity index (χ0) is 22.1. The van der Waals surface area contributed by atoms with Gasteiger partial charge >= 0.3 is 12.1 Å². The van der Waals surface area contributed by atoms with Crippen molar-refractivity contribution in [2.24, 2.45) is 17.3 Å². The number of carbonyl (C=O) groups is 1. The molecular weight excluding hydrogens is 401 g/mol. The molecule has 2 unspecified atom stereocenters. The van der Waals surface area contributed by atoms with E-state index in [-0.39, 0.29) is 0 Å². The molecule has 0 heterocycles. The van der Waals surface area contributed by atoms with Gasteiger partial charge < -0.3 is 4.74 Å². The van der Waals surface area contributed by atoms with E-state index in [4.69, 9.17) is 22.8 Å². The molecule has 2 rings (SSSR count). The van der Waals surface area contributed by atoms with E-state index >= 15 is 0 Å². The third-order valence-electron chi connectivity index (χ3n) is 5.99. The molecule has 1 saturated carbocycles. The molecule has 0 aliphatic heterocycles. The van der Waals surface area contributed by atoms with Crippen molar-refractivity contribution in [2.45, 2.75) is 59.2 Å². The van der Waals surface area contributed by atoms with E-state index in [9.17, 15) is 18.0 Å². The number of halogens is 4. The fourth-order valence-electron chi connectivity index (χ4n) is 3.78. The van der Waals surface area contributed by atoms with Gasteiger partial charge in [0.25, 0.3) is 0 Å². The van der Waals surface area contributed by atoms with Crippen LogP contribution in [0.25, 0.3) is 0 Å². The lowest BCUT2D eigenvalue weighted by molar-refractivity contribution is -0.149. The molecule has 2 nitrogen and oxygen atoms in total. The maximum absolute atomic E-state index is 12.7. The lowest BCUT2D eigenvalue weighted by atomic mass is 9.90. The first-order chi connectivity index (χ1) is 13.4. The summed E-state index contributed by atoms with van der Waals surface area (Å²) in [5.74, 6) is 0.826. The molecule has 158 valence electrons. The highest BCUT2D eigenvalue weighted by Crippen LogP contribution is 2.60. The highest BCUT2D eigenvalue weighted by molar-refractivity contribution is 6.30. The van der Waals surface area contributed by atoms with Crippen molar-refractivity contribution in [3.05, 3.63) is 46.0 Å². The van der Waals surface area contributed by atoms with E-state index in [1.165, 1.54) is 0 Å². The van der Waals surface area contributed by atoms with Crippen molar-refractivity contribution in [1.82, 2.24) is 0 Å². The van der Waals surface area contributed by atoms with Gasteiger partial charge in [0.15, 0.2) is 6.10 Å². The number of ether oxygens (including phenoxy) is 1. The third-order valence-corrected chi connectivity index (χ3v) is 6.33. The fourth-order valence-corrected chi connectivity index (χ4v) is 3.91. The van der Waals surface area contributed by atoms with E-state index < -0.39 is 40.5 Å². The number of terminal acetylenes is 1. The normalized spacial score (nSPS) is 23.1. The molecule has 29 heavy (non-hydrogen) atoms. The second-order valence-electron chi connectivity index (χ2n) is 8.19. The molecule has 1 aromatic rings. The molecule has 0 amide bonds. The minimum atomic E-state index is -4.64. The summed E-state index contributed by atoms with van der Waals surface area (Å²) < 4.78 is 43.8. The van der Waals surface area contributed by atoms with Crippen LogP contribution >= 0.6 is 11.6 Å². The van der Waals surface area contributed by atoms with Crippen LogP contribution < -0.4 is 0 Å². The number of benzene rings is 1. The lowest BCUT2D eigenvalue weighted by Gasteiger charge is -2.20. The Morgan fingerprint density at radius 3 is 2.48 bits per heavy atom. The van der Waals surface area contributed by atoms with Crippen LogP contribution in [0.5, 0.6) is 0 Å². The first-order valence-electron chi connectivity index (χ1n) is 9.56. The van der Waals surface area contributed by atoms with Gasteiger partial charge in [-0.2, -0.15) is 13.2 Å². The Kier molecular flexibility index (Phi) is 6.79. The van der Waals surface area contributed by atoms with Crippen molar-refractivity contribution in [2.75, 3.05) is 0 Å². The van der Waals surface area contributed by atoms with Gasteiger partial charge in [-0.1, -0.05) is 69.5 Å². The largest absolute Gasteiger partial charge is 0.444 e. The van der Waals surface area contributed by atoms with Crippen molar-refractivity contribution >= 4 is 17.6 Å². The van der Waals surface area contributed by atoms with Gasteiger partial charge in [0.2, 0.25) is 0 Å². The highest BCUT2D eigenvalue weighted by Gasteiger charge is 2.62. The molecule has 0 bridgehead atoms. The predicted molar refractivity (Wildman–Crippen MR) is 108 cm³/mol. The minimum absolute atomic E-state index is 0.325. The maximum Gasteiger partial charge on any atom is 0.426 e. The maximum atomic E-state index is 12.7. The monoisotopic (exact) mass is 426 g/mol. The van der Waals surface area contributed by atoms with E-state index in [2.05, 4.69) is 19.8 Å². The summed E-state index contributed by atoms with van der Waals surface area (Å²) in [4.78, 5) is 12.7. The summed E-state index contributed by atoms with van der Waals surface area (Å²) in [5.41, 5.74) is 2.13. The molecule has 0 radical (unpaired) electrons. The molecule has 1 aromatic carbocycles. The molecule has 0 N–H and O–H groups in total. The number of esters is 1. The molecule has 1 fully saturated rings. The van der Waals surface area contributed by atoms with Gasteiger partial charge in [0.1, 0.15) is 5.03 Å². The Morgan fingerprint density at radius 2 is 1.97 bits per heavy atom. The standard InChI is InChI=1S/C23H26ClF3O2/c1-7-13(3)15-10-9-11-16(14(15)4)18(8-2)29-21(28)20-17(22(20,5)6)12-19(24)23(25,26)27/h2,9-13,17-18,20H,7H2,1,3-6H3/t13?,17-,18?,20-/m0/s1. The fraction of sp³-hybridized carbons (Fsp3) is 0.522. The Bertz CT molecular complexity index is 849. The second-order valence-corrected chi connectivity index (χ2v) is 8.60. The van der Waals surface area contributed by atoms with Crippen LogP contribution in [0.15, 0.2) is 29.3 Å². The minimum Gasteiger partial charge on any atom is -0.444 e. The van der Waals surface area contributed by atoms with Crippen molar-refractivity contribution in [3.8, 4) is 12.3 Å².